The molecule has 2 aromatic rings. The van der Waals surface area contributed by atoms with Crippen LogP contribution in [0.25, 0.3) is 0 Å². The quantitative estimate of drug-likeness (QED) is 0.880. The molecule has 0 amide bonds. The first-order valence-corrected chi connectivity index (χ1v) is 7.59. The van der Waals surface area contributed by atoms with Crippen LogP contribution in [-0.4, -0.2) is 13.4 Å². The van der Waals surface area contributed by atoms with Crippen LogP contribution >= 0.6 is 22.7 Å². The minimum absolute atomic E-state index is 0.198. The Labute approximate surface area is 101 Å². The number of hydrogen-bond donors (Lipinski definition) is 2. The number of nitrogens with zero attached hydrogens (tertiary/aromatic N) is 1. The summed E-state index contributed by atoms with van der Waals surface area (Å²) in [5.41, 5.74) is 8.30. The average Bonchev–Trinajstić information content (AvgIpc) is 2.85. The molecule has 2 heterocycles. The second kappa shape index (κ2) is 4.50. The summed E-state index contributed by atoms with van der Waals surface area (Å²) in [5, 5.41) is 3.39. The second-order valence-electron chi connectivity index (χ2n) is 3.00. The summed E-state index contributed by atoms with van der Waals surface area (Å²) in [7, 11) is -3.46. The highest BCUT2D eigenvalue weighted by molar-refractivity contribution is 7.91. The van der Waals surface area contributed by atoms with Gasteiger partial charge in [0.1, 0.15) is 4.21 Å². The van der Waals surface area contributed by atoms with E-state index in [-0.39, 0.29) is 10.8 Å². The van der Waals surface area contributed by atoms with E-state index in [9.17, 15) is 8.42 Å². The van der Waals surface area contributed by atoms with Crippen LogP contribution in [0.1, 0.15) is 5.69 Å². The molecule has 0 saturated carbocycles. The number of thiazole rings is 1. The van der Waals surface area contributed by atoms with Gasteiger partial charge < -0.3 is 5.73 Å². The molecule has 0 saturated heterocycles. The zero-order valence-corrected chi connectivity index (χ0v) is 10.5. The number of nitrogen functional groups attached to an aromatic ring is 1. The Morgan fingerprint density at radius 3 is 2.81 bits per heavy atom. The fourth-order valence-corrected chi connectivity index (χ4v) is 3.72. The Morgan fingerprint density at radius 2 is 2.25 bits per heavy atom. The normalized spacial score (nSPS) is 11.8. The molecular weight excluding hydrogens is 266 g/mol. The molecule has 0 atom stereocenters. The van der Waals surface area contributed by atoms with Gasteiger partial charge in [-0.05, 0) is 6.07 Å². The van der Waals surface area contributed by atoms with Crippen molar-refractivity contribution in [3.8, 4) is 0 Å². The standard InChI is InChI=1S/C8H9N3O2S3/c9-6-1-8(15-3-6)16(12,13)11-2-7-4-14-5-10-7/h1,3-5,11H,2,9H2. The molecule has 3 N–H and O–H groups in total. The first-order chi connectivity index (χ1) is 7.58. The predicted molar refractivity (Wildman–Crippen MR) is 64.9 cm³/mol. The third-order valence-corrected chi connectivity index (χ3v) is 5.28. The molecule has 0 aliphatic heterocycles. The van der Waals surface area contributed by atoms with Crippen molar-refractivity contribution in [2.75, 3.05) is 5.73 Å². The maximum atomic E-state index is 11.8. The summed E-state index contributed by atoms with van der Waals surface area (Å²) in [5.74, 6) is 0. The lowest BCUT2D eigenvalue weighted by Gasteiger charge is -2.01. The number of nitrogens with two attached hydrogens (primary N) is 1. The van der Waals surface area contributed by atoms with Crippen LogP contribution < -0.4 is 10.5 Å². The van der Waals surface area contributed by atoms with Gasteiger partial charge in [0.05, 0.1) is 17.7 Å². The van der Waals surface area contributed by atoms with E-state index in [1.165, 1.54) is 17.4 Å². The number of rotatable bonds is 4. The Kier molecular flexibility index (Phi) is 3.24. The molecular formula is C8H9N3O2S3. The second-order valence-corrected chi connectivity index (χ2v) is 6.63. The van der Waals surface area contributed by atoms with E-state index in [4.69, 9.17) is 5.73 Å². The van der Waals surface area contributed by atoms with Gasteiger partial charge in [0.15, 0.2) is 0 Å². The highest BCUT2D eigenvalue weighted by Gasteiger charge is 2.16. The Hall–Kier alpha value is -0.960. The van der Waals surface area contributed by atoms with Crippen molar-refractivity contribution < 1.29 is 8.42 Å². The molecule has 0 fully saturated rings. The van der Waals surface area contributed by atoms with E-state index in [0.717, 1.165) is 11.3 Å². The Bertz CT molecular complexity index is 559. The van der Waals surface area contributed by atoms with Crippen LogP contribution in [0.5, 0.6) is 0 Å². The molecule has 0 aromatic carbocycles. The molecule has 0 spiro atoms. The first kappa shape index (κ1) is 11.5. The van der Waals surface area contributed by atoms with E-state index in [0.29, 0.717) is 11.4 Å². The summed E-state index contributed by atoms with van der Waals surface area (Å²) >= 11 is 2.53. The van der Waals surface area contributed by atoms with Crippen molar-refractivity contribution in [3.63, 3.8) is 0 Å². The topological polar surface area (TPSA) is 85.1 Å². The fourth-order valence-electron chi connectivity index (χ4n) is 1.04. The van der Waals surface area contributed by atoms with E-state index in [1.54, 1.807) is 16.3 Å². The third-order valence-electron chi connectivity index (χ3n) is 1.79. The Balaban J connectivity index is 2.09. The van der Waals surface area contributed by atoms with Gasteiger partial charge in [-0.2, -0.15) is 0 Å². The van der Waals surface area contributed by atoms with Gasteiger partial charge >= 0.3 is 0 Å². The lowest BCUT2D eigenvalue weighted by Crippen LogP contribution is -2.22. The number of nitrogens with one attached hydrogen (secondary N) is 1. The van der Waals surface area contributed by atoms with Crippen molar-refractivity contribution in [2.24, 2.45) is 0 Å². The molecule has 8 heteroatoms. The smallest absolute Gasteiger partial charge is 0.250 e. The molecule has 2 aromatic heterocycles. The minimum atomic E-state index is -3.46. The average molecular weight is 275 g/mol. The summed E-state index contributed by atoms with van der Waals surface area (Å²) in [6, 6.07) is 1.44. The molecule has 0 aliphatic rings. The van der Waals surface area contributed by atoms with Crippen LogP contribution in [-0.2, 0) is 16.6 Å². The van der Waals surface area contributed by atoms with E-state index >= 15 is 0 Å². The van der Waals surface area contributed by atoms with E-state index < -0.39 is 10.0 Å². The minimum Gasteiger partial charge on any atom is -0.398 e. The highest BCUT2D eigenvalue weighted by Crippen LogP contribution is 2.21. The maximum absolute atomic E-state index is 11.8. The molecule has 2 rings (SSSR count). The van der Waals surface area contributed by atoms with Gasteiger partial charge in [0, 0.05) is 16.4 Å². The van der Waals surface area contributed by atoms with Crippen LogP contribution in [0, 0.1) is 0 Å². The first-order valence-electron chi connectivity index (χ1n) is 4.29. The molecule has 0 bridgehead atoms. The number of thiophene rings is 1. The van der Waals surface area contributed by atoms with Crippen LogP contribution in [0.3, 0.4) is 0 Å². The van der Waals surface area contributed by atoms with E-state index in [2.05, 4.69) is 9.71 Å². The van der Waals surface area contributed by atoms with Crippen LogP contribution in [0.4, 0.5) is 5.69 Å². The third kappa shape index (κ3) is 2.59. The molecule has 16 heavy (non-hydrogen) atoms. The van der Waals surface area contributed by atoms with Crippen molar-refractivity contribution in [3.05, 3.63) is 28.0 Å². The number of hydrogen-bond acceptors (Lipinski definition) is 6. The fraction of sp³-hybridized carbons (Fsp3) is 0.125. The van der Waals surface area contributed by atoms with Gasteiger partial charge in [-0.25, -0.2) is 18.1 Å². The lowest BCUT2D eigenvalue weighted by molar-refractivity contribution is 0.583. The summed E-state index contributed by atoms with van der Waals surface area (Å²) in [6.07, 6.45) is 0. The summed E-state index contributed by atoms with van der Waals surface area (Å²) in [4.78, 5) is 3.99. The number of aromatic nitrogens is 1. The molecule has 0 unspecified atom stereocenters. The maximum Gasteiger partial charge on any atom is 0.250 e. The van der Waals surface area contributed by atoms with Crippen LogP contribution in [0.2, 0.25) is 0 Å². The predicted octanol–water partition coefficient (Wildman–Crippen LogP) is 1.27. The summed E-state index contributed by atoms with van der Waals surface area (Å²) < 4.78 is 26.2. The van der Waals surface area contributed by atoms with E-state index in [1.807, 2.05) is 0 Å². The number of anilines is 1. The molecule has 5 nitrogen and oxygen atoms in total. The zero-order chi connectivity index (χ0) is 11.6. The lowest BCUT2D eigenvalue weighted by atomic mass is 10.5. The van der Waals surface area contributed by atoms with Crippen molar-refractivity contribution in [1.29, 1.82) is 0 Å². The largest absolute Gasteiger partial charge is 0.398 e. The zero-order valence-electron chi connectivity index (χ0n) is 8.08. The highest BCUT2D eigenvalue weighted by atomic mass is 32.2. The molecule has 0 radical (unpaired) electrons. The van der Waals surface area contributed by atoms with Gasteiger partial charge in [-0.1, -0.05) is 0 Å². The Morgan fingerprint density at radius 1 is 1.44 bits per heavy atom. The monoisotopic (exact) mass is 275 g/mol. The number of sulfonamides is 1. The molecule has 0 aliphatic carbocycles. The van der Waals surface area contributed by atoms with Crippen molar-refractivity contribution in [1.82, 2.24) is 9.71 Å². The summed E-state index contributed by atoms with van der Waals surface area (Å²) in [6.45, 7) is 0.198. The van der Waals surface area contributed by atoms with Gasteiger partial charge in [-0.3, -0.25) is 0 Å². The molecule has 86 valence electrons. The van der Waals surface area contributed by atoms with Crippen molar-refractivity contribution in [2.45, 2.75) is 10.8 Å². The van der Waals surface area contributed by atoms with Gasteiger partial charge in [-0.15, -0.1) is 22.7 Å². The SMILES string of the molecule is Nc1csc(S(=O)(=O)NCc2cscn2)c1. The van der Waals surface area contributed by atoms with Gasteiger partial charge in [0.25, 0.3) is 0 Å². The van der Waals surface area contributed by atoms with Crippen molar-refractivity contribution >= 4 is 38.4 Å². The van der Waals surface area contributed by atoms with Crippen LogP contribution in [0.15, 0.2) is 26.5 Å². The van der Waals surface area contributed by atoms with Gasteiger partial charge in [0.2, 0.25) is 10.0 Å².